The molecule has 0 fully saturated rings. The van der Waals surface area contributed by atoms with Gasteiger partial charge in [-0.2, -0.15) is 5.10 Å². The van der Waals surface area contributed by atoms with E-state index in [0.29, 0.717) is 41.9 Å². The van der Waals surface area contributed by atoms with Crippen LogP contribution < -0.4 is 20.5 Å². The van der Waals surface area contributed by atoms with Gasteiger partial charge in [-0.15, -0.1) is 0 Å². The highest BCUT2D eigenvalue weighted by Gasteiger charge is 2.11. The number of nitrogen functional groups attached to an aromatic ring is 1. The van der Waals surface area contributed by atoms with Gasteiger partial charge in [0.2, 0.25) is 5.95 Å². The predicted molar refractivity (Wildman–Crippen MR) is 129 cm³/mol. The maximum Gasteiger partial charge on any atom is 0.338 e. The summed E-state index contributed by atoms with van der Waals surface area (Å²) in [4.78, 5) is 28.1. The SMILES string of the molecule is CCOC(=O)c1ccc(NC(=O)COc2ccc(C=Nn3cc(C)nc3N)cc2OCC)cc1. The summed E-state index contributed by atoms with van der Waals surface area (Å²) in [6.07, 6.45) is 3.34. The Balaban J connectivity index is 1.61. The molecule has 34 heavy (non-hydrogen) atoms. The Bertz CT molecular complexity index is 1170. The van der Waals surface area contributed by atoms with Crippen LogP contribution in [0.2, 0.25) is 0 Å². The fraction of sp³-hybridized carbons (Fsp3) is 0.250. The lowest BCUT2D eigenvalue weighted by Crippen LogP contribution is -2.20. The van der Waals surface area contributed by atoms with Gasteiger partial charge in [0.15, 0.2) is 18.1 Å². The molecule has 3 rings (SSSR count). The van der Waals surface area contributed by atoms with Gasteiger partial charge in [-0.05, 0) is 68.8 Å². The van der Waals surface area contributed by atoms with Crippen LogP contribution >= 0.6 is 0 Å². The van der Waals surface area contributed by atoms with E-state index >= 15 is 0 Å². The average Bonchev–Trinajstić information content (AvgIpc) is 3.14. The smallest absolute Gasteiger partial charge is 0.338 e. The maximum atomic E-state index is 12.3. The molecule has 1 aromatic heterocycles. The summed E-state index contributed by atoms with van der Waals surface area (Å²) >= 11 is 0. The Kier molecular flexibility index (Phi) is 8.22. The quantitative estimate of drug-likeness (QED) is 0.347. The van der Waals surface area contributed by atoms with E-state index in [0.717, 1.165) is 11.3 Å². The molecular weight excluding hydrogens is 438 g/mol. The van der Waals surface area contributed by atoms with E-state index in [1.807, 2.05) is 13.8 Å². The average molecular weight is 466 g/mol. The van der Waals surface area contributed by atoms with E-state index in [-0.39, 0.29) is 12.5 Å². The Morgan fingerprint density at radius 3 is 2.50 bits per heavy atom. The van der Waals surface area contributed by atoms with Crippen molar-refractivity contribution >= 4 is 29.7 Å². The molecule has 0 atom stereocenters. The van der Waals surface area contributed by atoms with Crippen molar-refractivity contribution in [3.05, 3.63) is 65.5 Å². The second-order valence-electron chi connectivity index (χ2n) is 7.10. The molecule has 3 aromatic rings. The molecule has 0 aliphatic heterocycles. The summed E-state index contributed by atoms with van der Waals surface area (Å²) in [5, 5.41) is 7.01. The molecule has 0 radical (unpaired) electrons. The van der Waals surface area contributed by atoms with Crippen molar-refractivity contribution in [3.8, 4) is 11.5 Å². The van der Waals surface area contributed by atoms with Crippen molar-refractivity contribution in [3.63, 3.8) is 0 Å². The lowest BCUT2D eigenvalue weighted by Gasteiger charge is -2.13. The number of rotatable bonds is 10. The minimum Gasteiger partial charge on any atom is -0.490 e. The lowest BCUT2D eigenvalue weighted by atomic mass is 10.2. The van der Waals surface area contributed by atoms with E-state index in [1.165, 1.54) is 4.68 Å². The van der Waals surface area contributed by atoms with Gasteiger partial charge in [-0.1, -0.05) is 0 Å². The predicted octanol–water partition coefficient (Wildman–Crippen LogP) is 3.25. The van der Waals surface area contributed by atoms with Gasteiger partial charge in [0.1, 0.15) is 0 Å². The molecule has 0 spiro atoms. The van der Waals surface area contributed by atoms with Gasteiger partial charge in [0, 0.05) is 5.69 Å². The molecule has 0 saturated heterocycles. The summed E-state index contributed by atoms with van der Waals surface area (Å²) < 4.78 is 17.7. The molecule has 0 aliphatic carbocycles. The van der Waals surface area contributed by atoms with Crippen molar-refractivity contribution in [2.75, 3.05) is 30.9 Å². The summed E-state index contributed by atoms with van der Waals surface area (Å²) in [5.41, 5.74) is 8.26. The zero-order chi connectivity index (χ0) is 24.5. The maximum absolute atomic E-state index is 12.3. The zero-order valence-corrected chi connectivity index (χ0v) is 19.3. The molecule has 0 unspecified atom stereocenters. The van der Waals surface area contributed by atoms with E-state index in [9.17, 15) is 9.59 Å². The van der Waals surface area contributed by atoms with E-state index in [2.05, 4.69) is 15.4 Å². The number of imidazole rings is 1. The molecule has 3 N–H and O–H groups in total. The monoisotopic (exact) mass is 465 g/mol. The number of nitrogens with zero attached hydrogens (tertiary/aromatic N) is 3. The molecule has 0 bridgehead atoms. The van der Waals surface area contributed by atoms with Crippen molar-refractivity contribution in [1.29, 1.82) is 0 Å². The van der Waals surface area contributed by atoms with E-state index in [4.69, 9.17) is 19.9 Å². The Hall–Kier alpha value is -4.34. The van der Waals surface area contributed by atoms with Gasteiger partial charge in [0.05, 0.1) is 36.9 Å². The number of aryl methyl sites for hydroxylation is 1. The van der Waals surface area contributed by atoms with Gasteiger partial charge < -0.3 is 25.3 Å². The number of ether oxygens (including phenoxy) is 3. The largest absolute Gasteiger partial charge is 0.490 e. The Morgan fingerprint density at radius 1 is 1.09 bits per heavy atom. The van der Waals surface area contributed by atoms with Gasteiger partial charge >= 0.3 is 5.97 Å². The number of carbonyl (C=O) groups excluding carboxylic acids is 2. The van der Waals surface area contributed by atoms with Crippen molar-refractivity contribution < 1.29 is 23.8 Å². The highest BCUT2D eigenvalue weighted by Crippen LogP contribution is 2.28. The summed E-state index contributed by atoms with van der Waals surface area (Å²) in [7, 11) is 0. The number of carbonyl (C=O) groups is 2. The minimum atomic E-state index is -0.413. The third-order valence-electron chi connectivity index (χ3n) is 4.47. The van der Waals surface area contributed by atoms with Crippen LogP contribution in [0.15, 0.2) is 53.8 Å². The van der Waals surface area contributed by atoms with Crippen LogP contribution in [0.1, 0.15) is 35.5 Å². The minimum absolute atomic E-state index is 0.224. The topological polar surface area (TPSA) is 130 Å². The number of aromatic nitrogens is 2. The Labute approximate surface area is 197 Å². The fourth-order valence-electron chi connectivity index (χ4n) is 2.96. The van der Waals surface area contributed by atoms with Crippen LogP contribution in [0, 0.1) is 6.92 Å². The second kappa shape index (κ2) is 11.5. The van der Waals surface area contributed by atoms with Gasteiger partial charge in [-0.25, -0.2) is 14.5 Å². The zero-order valence-electron chi connectivity index (χ0n) is 19.3. The molecule has 10 heteroatoms. The normalized spacial score (nSPS) is 10.8. The molecule has 0 aliphatic rings. The first-order chi connectivity index (χ1) is 16.4. The van der Waals surface area contributed by atoms with Crippen molar-refractivity contribution in [2.45, 2.75) is 20.8 Å². The molecule has 178 valence electrons. The summed E-state index contributed by atoms with van der Waals surface area (Å²) in [6, 6.07) is 11.7. The van der Waals surface area contributed by atoms with E-state index < -0.39 is 5.97 Å². The van der Waals surface area contributed by atoms with Crippen LogP contribution in [0.25, 0.3) is 0 Å². The first-order valence-corrected chi connectivity index (χ1v) is 10.7. The van der Waals surface area contributed by atoms with Crippen LogP contribution in [-0.4, -0.2) is 47.6 Å². The molecule has 1 amide bonds. The standard InChI is InChI=1S/C24H27N5O5/c1-4-32-21-12-17(13-26-29-14-16(3)27-24(29)25)6-11-20(21)34-15-22(30)28-19-9-7-18(8-10-19)23(31)33-5-2/h6-14H,4-5,15H2,1-3H3,(H2,25,27)(H,28,30). The fourth-order valence-corrected chi connectivity index (χ4v) is 2.96. The van der Waals surface area contributed by atoms with Crippen LogP contribution in [0.5, 0.6) is 11.5 Å². The summed E-state index contributed by atoms with van der Waals surface area (Å²) in [6.45, 7) is 5.92. The number of hydrogen-bond acceptors (Lipinski definition) is 8. The first kappa shape index (κ1) is 24.3. The van der Waals surface area contributed by atoms with Crippen LogP contribution in [-0.2, 0) is 9.53 Å². The second-order valence-corrected chi connectivity index (χ2v) is 7.10. The van der Waals surface area contributed by atoms with Crippen LogP contribution in [0.3, 0.4) is 0 Å². The number of nitrogens with one attached hydrogen (secondary N) is 1. The number of benzene rings is 2. The highest BCUT2D eigenvalue weighted by atomic mass is 16.5. The van der Waals surface area contributed by atoms with Crippen molar-refractivity contribution in [1.82, 2.24) is 9.66 Å². The summed E-state index contributed by atoms with van der Waals surface area (Å²) in [5.74, 6) is 0.421. The first-order valence-electron chi connectivity index (χ1n) is 10.7. The number of hydrogen-bond donors (Lipinski definition) is 2. The number of anilines is 2. The number of amides is 1. The molecule has 10 nitrogen and oxygen atoms in total. The molecule has 1 heterocycles. The molecule has 0 saturated carbocycles. The molecule has 2 aromatic carbocycles. The lowest BCUT2D eigenvalue weighted by molar-refractivity contribution is -0.118. The van der Waals surface area contributed by atoms with E-state index in [1.54, 1.807) is 61.8 Å². The van der Waals surface area contributed by atoms with Gasteiger partial charge in [0.25, 0.3) is 5.91 Å². The third-order valence-corrected chi connectivity index (χ3v) is 4.47. The number of nitrogens with two attached hydrogens (primary N) is 1. The van der Waals surface area contributed by atoms with Gasteiger partial charge in [-0.3, -0.25) is 4.79 Å². The third kappa shape index (κ3) is 6.58. The Morgan fingerprint density at radius 2 is 1.85 bits per heavy atom. The van der Waals surface area contributed by atoms with Crippen LogP contribution in [0.4, 0.5) is 11.6 Å². The number of esters is 1. The highest BCUT2D eigenvalue weighted by molar-refractivity contribution is 5.93. The molecular formula is C24H27N5O5. The van der Waals surface area contributed by atoms with Crippen molar-refractivity contribution in [2.24, 2.45) is 5.10 Å².